The third kappa shape index (κ3) is 3.10. The Hall–Kier alpha value is -1.42. The zero-order valence-corrected chi connectivity index (χ0v) is 13.2. The van der Waals surface area contributed by atoms with Crippen molar-refractivity contribution in [3.63, 3.8) is 0 Å². The van der Waals surface area contributed by atoms with Gasteiger partial charge in [0.2, 0.25) is 5.91 Å². The van der Waals surface area contributed by atoms with Crippen LogP contribution in [0.5, 0.6) is 0 Å². The van der Waals surface area contributed by atoms with Gasteiger partial charge in [-0.1, -0.05) is 26.8 Å². The van der Waals surface area contributed by atoms with E-state index in [-0.39, 0.29) is 34.9 Å². The van der Waals surface area contributed by atoms with E-state index >= 15 is 0 Å². The van der Waals surface area contributed by atoms with Crippen molar-refractivity contribution < 1.29 is 9.18 Å². The van der Waals surface area contributed by atoms with Crippen LogP contribution in [0.2, 0.25) is 0 Å². The van der Waals surface area contributed by atoms with E-state index < -0.39 is 5.82 Å². The molecule has 0 saturated heterocycles. The molecule has 3 nitrogen and oxygen atoms in total. The predicted molar refractivity (Wildman–Crippen MR) is 83.4 cm³/mol. The zero-order chi connectivity index (χ0) is 15.8. The van der Waals surface area contributed by atoms with Gasteiger partial charge in [0.25, 0.3) is 0 Å². The Morgan fingerprint density at radius 3 is 2.71 bits per heavy atom. The molecule has 0 aliphatic heterocycles. The van der Waals surface area contributed by atoms with E-state index in [9.17, 15) is 9.18 Å². The highest BCUT2D eigenvalue weighted by atomic mass is 19.1. The molecule has 1 aliphatic rings. The van der Waals surface area contributed by atoms with E-state index in [0.29, 0.717) is 0 Å². The van der Waals surface area contributed by atoms with Gasteiger partial charge >= 0.3 is 0 Å². The molecule has 0 heterocycles. The number of rotatable bonds is 2. The van der Waals surface area contributed by atoms with E-state index in [2.05, 4.69) is 26.1 Å². The minimum atomic E-state index is -0.396. The normalized spacial score (nSPS) is 28.2. The fourth-order valence-electron chi connectivity index (χ4n) is 3.27. The summed E-state index contributed by atoms with van der Waals surface area (Å²) >= 11 is 0. The molecule has 116 valence electrons. The van der Waals surface area contributed by atoms with Gasteiger partial charge in [0.05, 0.1) is 5.69 Å². The van der Waals surface area contributed by atoms with Crippen molar-refractivity contribution in [1.29, 1.82) is 0 Å². The predicted octanol–water partition coefficient (Wildman–Crippen LogP) is 3.47. The summed E-state index contributed by atoms with van der Waals surface area (Å²) in [6.07, 6.45) is 1.58. The number of hydrogen-bond donors (Lipinski definition) is 2. The Bertz CT molecular complexity index is 542. The maximum atomic E-state index is 13.8. The fraction of sp³-hybridized carbons (Fsp3) is 0.588. The molecule has 0 aromatic heterocycles. The van der Waals surface area contributed by atoms with Crippen molar-refractivity contribution in [3.05, 3.63) is 29.6 Å². The average Bonchev–Trinajstić information content (AvgIpc) is 2.40. The summed E-state index contributed by atoms with van der Waals surface area (Å²) in [5, 5.41) is 2.76. The van der Waals surface area contributed by atoms with E-state index in [4.69, 9.17) is 5.73 Å². The molecule has 1 amide bonds. The van der Waals surface area contributed by atoms with Crippen LogP contribution in [-0.4, -0.2) is 11.9 Å². The number of nitrogens with one attached hydrogen (secondary N) is 1. The molecule has 3 atom stereocenters. The number of hydrogen-bond acceptors (Lipinski definition) is 2. The summed E-state index contributed by atoms with van der Waals surface area (Å²) in [4.78, 5) is 12.6. The van der Waals surface area contributed by atoms with Crippen molar-refractivity contribution in [2.45, 2.75) is 46.6 Å². The number of halogens is 1. The van der Waals surface area contributed by atoms with Crippen LogP contribution in [-0.2, 0) is 4.79 Å². The third-order valence-electron chi connectivity index (χ3n) is 5.20. The molecule has 4 heteroatoms. The second-order valence-electron chi connectivity index (χ2n) is 6.88. The Morgan fingerprint density at radius 1 is 1.38 bits per heavy atom. The van der Waals surface area contributed by atoms with E-state index in [1.807, 2.05) is 6.92 Å². The van der Waals surface area contributed by atoms with Crippen LogP contribution < -0.4 is 11.1 Å². The zero-order valence-electron chi connectivity index (χ0n) is 13.2. The molecular weight excluding hydrogens is 267 g/mol. The molecule has 1 fully saturated rings. The van der Waals surface area contributed by atoms with Crippen LogP contribution in [0.3, 0.4) is 0 Å². The summed E-state index contributed by atoms with van der Waals surface area (Å²) in [7, 11) is 0. The van der Waals surface area contributed by atoms with Crippen LogP contribution in [0.4, 0.5) is 10.1 Å². The number of amides is 1. The van der Waals surface area contributed by atoms with Crippen LogP contribution in [0.15, 0.2) is 18.2 Å². The van der Waals surface area contributed by atoms with Crippen molar-refractivity contribution in [2.75, 3.05) is 5.32 Å². The molecule has 3 N–H and O–H groups in total. The van der Waals surface area contributed by atoms with Gasteiger partial charge in [-0.05, 0) is 48.8 Å². The number of benzene rings is 1. The smallest absolute Gasteiger partial charge is 0.228 e. The van der Waals surface area contributed by atoms with Crippen LogP contribution in [0.25, 0.3) is 0 Å². The number of anilines is 1. The molecule has 0 spiro atoms. The Kier molecular flexibility index (Phi) is 4.38. The van der Waals surface area contributed by atoms with Gasteiger partial charge in [0, 0.05) is 12.0 Å². The molecule has 0 bridgehead atoms. The van der Waals surface area contributed by atoms with E-state index in [0.717, 1.165) is 18.4 Å². The van der Waals surface area contributed by atoms with Crippen molar-refractivity contribution >= 4 is 11.6 Å². The molecule has 3 unspecified atom stereocenters. The van der Waals surface area contributed by atoms with E-state index in [1.54, 1.807) is 12.1 Å². The number of nitrogens with two attached hydrogens (primary N) is 1. The molecule has 21 heavy (non-hydrogen) atoms. The average molecular weight is 292 g/mol. The van der Waals surface area contributed by atoms with Crippen LogP contribution in [0, 0.1) is 30.0 Å². The summed E-state index contributed by atoms with van der Waals surface area (Å²) in [6, 6.07) is 4.87. The summed E-state index contributed by atoms with van der Waals surface area (Å²) in [5.41, 5.74) is 7.11. The molecule has 1 aliphatic carbocycles. The minimum absolute atomic E-state index is 0.108. The summed E-state index contributed by atoms with van der Waals surface area (Å²) in [6.45, 7) is 8.12. The van der Waals surface area contributed by atoms with E-state index in [1.165, 1.54) is 6.07 Å². The highest BCUT2D eigenvalue weighted by molar-refractivity contribution is 5.93. The molecule has 1 saturated carbocycles. The molecule has 1 aromatic carbocycles. The Morgan fingerprint density at radius 2 is 2.05 bits per heavy atom. The van der Waals surface area contributed by atoms with Gasteiger partial charge in [-0.3, -0.25) is 4.79 Å². The third-order valence-corrected chi connectivity index (χ3v) is 5.20. The van der Waals surface area contributed by atoms with Gasteiger partial charge in [-0.25, -0.2) is 4.39 Å². The lowest BCUT2D eigenvalue weighted by molar-refractivity contribution is -0.127. The second kappa shape index (κ2) is 5.76. The molecule has 0 radical (unpaired) electrons. The highest BCUT2D eigenvalue weighted by Gasteiger charge is 2.45. The van der Waals surface area contributed by atoms with Gasteiger partial charge in [0.15, 0.2) is 0 Å². The van der Waals surface area contributed by atoms with Crippen LogP contribution in [0.1, 0.15) is 39.2 Å². The second-order valence-corrected chi connectivity index (χ2v) is 6.88. The maximum absolute atomic E-state index is 13.8. The summed E-state index contributed by atoms with van der Waals surface area (Å²) < 4.78 is 13.8. The molecule has 2 rings (SSSR count). The number of aryl methyl sites for hydroxylation is 1. The SMILES string of the molecule is Cc1ccc(F)c(NC(=O)C2CCC(N)C(C)C2(C)C)c1. The van der Waals surface area contributed by atoms with Gasteiger partial charge in [0.1, 0.15) is 5.82 Å². The first-order valence-electron chi connectivity index (χ1n) is 7.56. The molecule has 1 aromatic rings. The lowest BCUT2D eigenvalue weighted by Crippen LogP contribution is -2.50. The number of carbonyl (C=O) groups excluding carboxylic acids is 1. The van der Waals surface area contributed by atoms with Crippen LogP contribution >= 0.6 is 0 Å². The van der Waals surface area contributed by atoms with Gasteiger partial charge in [-0.15, -0.1) is 0 Å². The van der Waals surface area contributed by atoms with Gasteiger partial charge < -0.3 is 11.1 Å². The topological polar surface area (TPSA) is 55.1 Å². The quantitative estimate of drug-likeness (QED) is 0.877. The Labute approximate surface area is 126 Å². The summed E-state index contributed by atoms with van der Waals surface area (Å²) in [5.74, 6) is -0.396. The number of carbonyl (C=O) groups is 1. The highest BCUT2D eigenvalue weighted by Crippen LogP contribution is 2.44. The Balaban J connectivity index is 2.18. The van der Waals surface area contributed by atoms with Gasteiger partial charge in [-0.2, -0.15) is 0 Å². The maximum Gasteiger partial charge on any atom is 0.228 e. The largest absolute Gasteiger partial charge is 0.327 e. The lowest BCUT2D eigenvalue weighted by atomic mass is 9.61. The first-order valence-corrected chi connectivity index (χ1v) is 7.56. The lowest BCUT2D eigenvalue weighted by Gasteiger charge is -2.46. The fourth-order valence-corrected chi connectivity index (χ4v) is 3.27. The van der Waals surface area contributed by atoms with Crippen molar-refractivity contribution in [3.8, 4) is 0 Å². The molecular formula is C17H25FN2O. The monoisotopic (exact) mass is 292 g/mol. The standard InChI is InChI=1S/C17H25FN2O/c1-10-5-7-13(18)15(9-10)20-16(21)12-6-8-14(19)11(2)17(12,3)4/h5,7,9,11-12,14H,6,8,19H2,1-4H3,(H,20,21). The first-order chi connectivity index (χ1) is 9.73. The van der Waals surface area contributed by atoms with Crippen molar-refractivity contribution in [2.24, 2.45) is 23.0 Å². The minimum Gasteiger partial charge on any atom is -0.327 e. The first kappa shape index (κ1) is 16.0. The van der Waals surface area contributed by atoms with Crippen molar-refractivity contribution in [1.82, 2.24) is 0 Å².